The van der Waals surface area contributed by atoms with Gasteiger partial charge in [-0.2, -0.15) is 0 Å². The molecule has 1 N–H and O–H groups in total. The predicted molar refractivity (Wildman–Crippen MR) is 211 cm³/mol. The summed E-state index contributed by atoms with van der Waals surface area (Å²) in [6.45, 7) is 2.27. The number of hydrogen-bond donors (Lipinski definition) is 1. The molecule has 2 nitrogen and oxygen atoms in total. The van der Waals surface area contributed by atoms with Gasteiger partial charge in [0.15, 0.2) is 0 Å². The van der Waals surface area contributed by atoms with Gasteiger partial charge in [-0.3, -0.25) is 0 Å². The molecule has 2 atom stereocenters. The predicted octanol–water partition coefficient (Wildman–Crippen LogP) is 11.0. The van der Waals surface area contributed by atoms with Crippen LogP contribution in [-0.4, -0.2) is 15.5 Å². The van der Waals surface area contributed by atoms with E-state index >= 15 is 0 Å². The van der Waals surface area contributed by atoms with Crippen LogP contribution in [0.5, 0.6) is 0 Å². The molecule has 7 aromatic rings. The molecule has 2 aliphatic rings. The Balaban J connectivity index is 1.11. The summed E-state index contributed by atoms with van der Waals surface area (Å²) in [7, 11) is -3.01. The summed E-state index contributed by atoms with van der Waals surface area (Å²) in [4.78, 5) is 18.0. The normalized spacial score (nSPS) is 18.8. The van der Waals surface area contributed by atoms with Crippen molar-refractivity contribution in [1.29, 1.82) is 0 Å². The van der Waals surface area contributed by atoms with E-state index in [1.54, 1.807) is 0 Å². The summed E-state index contributed by atoms with van der Waals surface area (Å²) in [5, 5.41) is 8.42. The number of hydrogen-bond acceptors (Lipinski definition) is 3. The molecule has 0 saturated heterocycles. The molecule has 0 saturated carbocycles. The van der Waals surface area contributed by atoms with Gasteiger partial charge in [0.1, 0.15) is 0 Å². The van der Waals surface area contributed by atoms with Crippen molar-refractivity contribution in [3.05, 3.63) is 151 Å². The van der Waals surface area contributed by atoms with E-state index in [1.807, 2.05) is 17.4 Å². The fourth-order valence-corrected chi connectivity index (χ4v) is 12.8. The van der Waals surface area contributed by atoms with Gasteiger partial charge >= 0.3 is 223 Å². The molecule has 0 fully saturated rings. The van der Waals surface area contributed by atoms with Crippen LogP contribution in [0.25, 0.3) is 53.0 Å². The number of nitrogens with zero attached hydrogens (tertiary/aromatic N) is 1. The van der Waals surface area contributed by atoms with E-state index in [9.17, 15) is 4.89 Å². The van der Waals surface area contributed by atoms with E-state index in [0.29, 0.717) is 5.92 Å². The Morgan fingerprint density at radius 1 is 0.750 bits per heavy atom. The molecule has 2 heterocycles. The van der Waals surface area contributed by atoms with Crippen LogP contribution in [0.2, 0.25) is 0 Å². The third-order valence-electron chi connectivity index (χ3n) is 10.6. The average Bonchev–Trinajstić information content (AvgIpc) is 3.54. The van der Waals surface area contributed by atoms with Crippen LogP contribution < -0.4 is 10.6 Å². The number of aromatic nitrogens is 1. The molecule has 4 heteroatoms. The van der Waals surface area contributed by atoms with E-state index in [4.69, 9.17) is 4.98 Å². The minimum absolute atomic E-state index is 0.167. The minimum atomic E-state index is -3.01. The molecule has 0 spiro atoms. The zero-order chi connectivity index (χ0) is 32.2. The van der Waals surface area contributed by atoms with E-state index < -0.39 is 7.49 Å². The molecular weight excluding hydrogens is 622 g/mol. The molecule has 48 heavy (non-hydrogen) atoms. The van der Waals surface area contributed by atoms with Crippen molar-refractivity contribution < 1.29 is 4.89 Å². The molecule has 0 amide bonds. The van der Waals surface area contributed by atoms with Crippen LogP contribution in [0, 0.1) is 5.92 Å². The van der Waals surface area contributed by atoms with Gasteiger partial charge in [-0.25, -0.2) is 0 Å². The topological polar surface area (TPSA) is 33.1 Å². The Morgan fingerprint density at radius 3 is 2.38 bits per heavy atom. The third kappa shape index (κ3) is 4.96. The Hall–Kier alpha value is -4.40. The number of allylic oxidation sites excluding steroid dienone is 6. The van der Waals surface area contributed by atoms with Gasteiger partial charge in [0.05, 0.1) is 0 Å². The fourth-order valence-electron chi connectivity index (χ4n) is 8.00. The summed E-state index contributed by atoms with van der Waals surface area (Å²) >= 11 is 1.86. The van der Waals surface area contributed by atoms with E-state index in [-0.39, 0.29) is 5.66 Å². The number of thiophene rings is 1. The first kappa shape index (κ1) is 29.7. The Kier molecular flexibility index (Phi) is 7.39. The molecule has 2 aliphatic carbocycles. The molecule has 236 valence electrons. The van der Waals surface area contributed by atoms with Gasteiger partial charge < -0.3 is 0 Å². The molecule has 9 rings (SSSR count). The van der Waals surface area contributed by atoms with Crippen LogP contribution >= 0.6 is 18.8 Å². The van der Waals surface area contributed by atoms with Crippen LogP contribution in [0.15, 0.2) is 140 Å². The standard InChI is InChI=1S/C44H38NOPS/c1-29-18-23-36(24-19-29)47(46,35-12-3-2-4-13-35)37-25-22-32-26-31(20-21-33(32)28-37)30-10-9-11-34(27-30)43-44-42(38-14-5-7-16-40(38)45-43)39-15-6-8-17-41(39)48-44/h2-8,10,12-18,20-23,25-29,36,46-47H,9,11,19,24H2,1H3/t29-,36?/m0/s1. The van der Waals surface area contributed by atoms with Gasteiger partial charge in [0.25, 0.3) is 0 Å². The summed E-state index contributed by atoms with van der Waals surface area (Å²) in [6, 6.07) is 41.3. The fraction of sp³-hybridized carbons (Fsp3) is 0.159. The van der Waals surface area contributed by atoms with Crippen molar-refractivity contribution in [3.8, 4) is 0 Å². The van der Waals surface area contributed by atoms with Gasteiger partial charge in [0.2, 0.25) is 0 Å². The summed E-state index contributed by atoms with van der Waals surface area (Å²) in [6.07, 6.45) is 13.5. The maximum absolute atomic E-state index is 12.7. The number of rotatable bonds is 5. The van der Waals surface area contributed by atoms with Crippen molar-refractivity contribution in [2.75, 3.05) is 0 Å². The first-order chi connectivity index (χ1) is 23.6. The molecule has 0 bridgehead atoms. The quantitative estimate of drug-likeness (QED) is 0.147. The zero-order valence-electron chi connectivity index (χ0n) is 27.1. The van der Waals surface area contributed by atoms with E-state index in [0.717, 1.165) is 47.5 Å². The second-order valence-corrected chi connectivity index (χ2v) is 18.1. The molecule has 5 aromatic carbocycles. The van der Waals surface area contributed by atoms with Crippen LogP contribution in [0.3, 0.4) is 0 Å². The molecule has 0 radical (unpaired) electrons. The van der Waals surface area contributed by atoms with E-state index in [1.165, 1.54) is 53.0 Å². The number of fused-ring (bicyclic) bond motifs is 6. The Morgan fingerprint density at radius 2 is 1.52 bits per heavy atom. The first-order valence-corrected chi connectivity index (χ1v) is 20.0. The van der Waals surface area contributed by atoms with Crippen molar-refractivity contribution in [2.45, 2.75) is 38.3 Å². The molecule has 0 aliphatic heterocycles. The number of para-hydroxylation sites is 1. The first-order valence-electron chi connectivity index (χ1n) is 17.2. The zero-order valence-corrected chi connectivity index (χ0v) is 28.9. The van der Waals surface area contributed by atoms with E-state index in [2.05, 4.69) is 140 Å². The van der Waals surface area contributed by atoms with Crippen molar-refractivity contribution in [2.24, 2.45) is 5.92 Å². The molecular formula is C44H38NOPS. The van der Waals surface area contributed by atoms with Crippen molar-refractivity contribution in [3.63, 3.8) is 0 Å². The monoisotopic (exact) mass is 659 g/mol. The van der Waals surface area contributed by atoms with Gasteiger partial charge in [-0.1, -0.05) is 36.4 Å². The summed E-state index contributed by atoms with van der Waals surface area (Å²) in [5.41, 5.74) is 6.12. The van der Waals surface area contributed by atoms with Crippen LogP contribution in [0.1, 0.15) is 43.9 Å². The van der Waals surface area contributed by atoms with Crippen LogP contribution in [0.4, 0.5) is 0 Å². The number of pyridine rings is 1. The van der Waals surface area contributed by atoms with Crippen molar-refractivity contribution in [1.82, 2.24) is 4.98 Å². The molecule has 2 aromatic heterocycles. The third-order valence-corrected chi connectivity index (χ3v) is 15.7. The Labute approximate surface area is 286 Å². The van der Waals surface area contributed by atoms with Crippen molar-refractivity contribution >= 4 is 82.4 Å². The summed E-state index contributed by atoms with van der Waals surface area (Å²) in [5.74, 6) is 0.571. The van der Waals surface area contributed by atoms with Gasteiger partial charge in [-0.05, 0) is 12.1 Å². The summed E-state index contributed by atoms with van der Waals surface area (Å²) < 4.78 is 2.59. The average molecular weight is 660 g/mol. The molecule has 1 unspecified atom stereocenters. The Bertz CT molecular complexity index is 2460. The SMILES string of the molecule is C[C@H]1C=CC([PH](O)(c2ccccc2)c2ccc3cc(C4=CCCC(c5nc6ccccc6c6c5sc5ccccc56)=C4)ccc3c2)CC1. The maximum atomic E-state index is 12.7. The van der Waals surface area contributed by atoms with Crippen LogP contribution in [-0.2, 0) is 0 Å². The second-order valence-electron chi connectivity index (χ2n) is 13.6. The second kappa shape index (κ2) is 11.9. The van der Waals surface area contributed by atoms with Gasteiger partial charge in [0, 0.05) is 15.5 Å². The number of benzene rings is 5. The van der Waals surface area contributed by atoms with Gasteiger partial charge in [-0.15, -0.1) is 0 Å².